The first-order valence-electron chi connectivity index (χ1n) is 11.2. The van der Waals surface area contributed by atoms with E-state index in [2.05, 4.69) is 32.1 Å². The summed E-state index contributed by atoms with van der Waals surface area (Å²) in [5.41, 5.74) is 3.77. The highest BCUT2D eigenvalue weighted by Gasteiger charge is 2.11. The van der Waals surface area contributed by atoms with E-state index in [4.69, 9.17) is 10.1 Å². The number of carbonyl (C=O) groups excluding carboxylic acids is 1. The molecule has 4 rings (SSSR count). The Kier molecular flexibility index (Phi) is 7.46. The maximum atomic E-state index is 14.2. The van der Waals surface area contributed by atoms with Gasteiger partial charge in [0.2, 0.25) is 0 Å². The van der Waals surface area contributed by atoms with Crippen LogP contribution in [-0.4, -0.2) is 37.9 Å². The zero-order valence-corrected chi connectivity index (χ0v) is 19.7. The summed E-state index contributed by atoms with van der Waals surface area (Å²) in [5.74, 6) is 5.10. The number of pyridine rings is 2. The van der Waals surface area contributed by atoms with Crippen LogP contribution in [0.3, 0.4) is 0 Å². The van der Waals surface area contributed by atoms with E-state index < -0.39 is 11.7 Å². The topological polar surface area (TPSA) is 106 Å². The number of amides is 1. The monoisotopic (exact) mass is 482 g/mol. The molecule has 0 radical (unpaired) electrons. The molecule has 3 aromatic heterocycles. The van der Waals surface area contributed by atoms with Crippen LogP contribution in [0.4, 0.5) is 10.1 Å². The summed E-state index contributed by atoms with van der Waals surface area (Å²) in [4.78, 5) is 25.5. The van der Waals surface area contributed by atoms with E-state index in [1.54, 1.807) is 47.6 Å². The molecule has 1 amide bonds. The van der Waals surface area contributed by atoms with Gasteiger partial charge in [-0.05, 0) is 62.2 Å². The van der Waals surface area contributed by atoms with Crippen LogP contribution >= 0.6 is 0 Å². The molecule has 4 aromatic rings. The number of anilines is 1. The molecule has 0 saturated heterocycles. The molecule has 0 spiro atoms. The van der Waals surface area contributed by atoms with E-state index in [9.17, 15) is 9.18 Å². The van der Waals surface area contributed by atoms with Crippen LogP contribution < -0.4 is 5.32 Å². The van der Waals surface area contributed by atoms with E-state index in [1.165, 1.54) is 18.3 Å². The lowest BCUT2D eigenvalue weighted by molar-refractivity contribution is 0.102. The second-order valence-electron chi connectivity index (χ2n) is 7.83. The van der Waals surface area contributed by atoms with Crippen molar-refractivity contribution in [1.29, 1.82) is 5.41 Å². The molecular weight excluding hydrogens is 459 g/mol. The fourth-order valence-corrected chi connectivity index (χ4v) is 3.33. The first-order chi connectivity index (χ1) is 17.4. The maximum absolute atomic E-state index is 14.2. The van der Waals surface area contributed by atoms with Gasteiger partial charge in [-0.2, -0.15) is 0 Å². The van der Waals surface area contributed by atoms with Gasteiger partial charge in [0.1, 0.15) is 11.5 Å². The van der Waals surface area contributed by atoms with E-state index in [-0.39, 0.29) is 11.5 Å². The molecule has 0 aliphatic rings. The van der Waals surface area contributed by atoms with Crippen molar-refractivity contribution in [2.45, 2.75) is 20.3 Å². The summed E-state index contributed by atoms with van der Waals surface area (Å²) >= 11 is 0. The molecule has 2 N–H and O–H groups in total. The highest BCUT2D eigenvalue weighted by atomic mass is 19.1. The third-order valence-electron chi connectivity index (χ3n) is 4.99. The molecule has 0 atom stereocenters. The largest absolute Gasteiger partial charge is 0.481 e. The van der Waals surface area contributed by atoms with Crippen molar-refractivity contribution in [1.82, 2.24) is 19.5 Å². The number of aryl methyl sites for hydroxylation is 1. The normalized spacial score (nSPS) is 10.3. The number of benzene rings is 1. The molecule has 0 fully saturated rings. The Balaban J connectivity index is 1.45. The van der Waals surface area contributed by atoms with Gasteiger partial charge in [0.05, 0.1) is 30.7 Å². The van der Waals surface area contributed by atoms with Gasteiger partial charge in [0.25, 0.3) is 5.91 Å². The molecule has 0 unspecified atom stereocenters. The predicted octanol–water partition coefficient (Wildman–Crippen LogP) is 4.32. The van der Waals surface area contributed by atoms with Gasteiger partial charge in [0, 0.05) is 41.1 Å². The van der Waals surface area contributed by atoms with Crippen LogP contribution in [0.1, 0.15) is 39.9 Å². The average Bonchev–Trinajstić information content (AvgIpc) is 3.30. The van der Waals surface area contributed by atoms with Crippen LogP contribution in [0.25, 0.3) is 5.69 Å². The Morgan fingerprint density at radius 2 is 2.00 bits per heavy atom. The number of nitrogens with one attached hydrogen (secondary N) is 2. The number of hydrogen-bond acceptors (Lipinski definition) is 6. The van der Waals surface area contributed by atoms with Crippen molar-refractivity contribution in [2.75, 3.05) is 11.9 Å². The Morgan fingerprint density at radius 1 is 1.14 bits per heavy atom. The summed E-state index contributed by atoms with van der Waals surface area (Å²) in [7, 11) is 0. The first-order valence-corrected chi connectivity index (χ1v) is 11.2. The molecule has 0 bridgehead atoms. The number of carbonyl (C=O) groups is 1. The SMILES string of the molecule is CCOC(=N)Cc1ccc(C#Cc2cc(NC(=O)c3cc(F)cc(-n4cnc(C)c4)c3)ccn2)cn1. The lowest BCUT2D eigenvalue weighted by atomic mass is 10.1. The second kappa shape index (κ2) is 11.1. The highest BCUT2D eigenvalue weighted by molar-refractivity contribution is 6.04. The number of nitrogens with zero attached hydrogens (tertiary/aromatic N) is 4. The van der Waals surface area contributed by atoms with E-state index in [1.807, 2.05) is 19.9 Å². The number of ether oxygens (including phenoxy) is 1. The van der Waals surface area contributed by atoms with Crippen LogP contribution in [-0.2, 0) is 11.2 Å². The standard InChI is InChI=1S/C27H23FN6O2/c1-3-36-26(29)14-23-7-5-19(15-31-23)4-6-22-13-24(8-9-30-22)33-27(35)20-10-21(28)12-25(11-20)34-16-18(2)32-17-34/h5,7-13,15-17,29H,3,14H2,1-2H3,(H,30,33,35). The molecular formula is C27H23FN6O2. The van der Waals surface area contributed by atoms with E-state index in [0.29, 0.717) is 41.4 Å². The van der Waals surface area contributed by atoms with Gasteiger partial charge in [0.15, 0.2) is 5.90 Å². The van der Waals surface area contributed by atoms with E-state index in [0.717, 1.165) is 5.69 Å². The van der Waals surface area contributed by atoms with E-state index >= 15 is 0 Å². The molecule has 9 heteroatoms. The molecule has 0 aliphatic carbocycles. The first kappa shape index (κ1) is 24.3. The van der Waals surface area contributed by atoms with Crippen LogP contribution in [0.5, 0.6) is 0 Å². The van der Waals surface area contributed by atoms with Crippen molar-refractivity contribution >= 4 is 17.5 Å². The van der Waals surface area contributed by atoms with Crippen molar-refractivity contribution < 1.29 is 13.9 Å². The lowest BCUT2D eigenvalue weighted by Gasteiger charge is -2.08. The van der Waals surface area contributed by atoms with Gasteiger partial charge in [-0.3, -0.25) is 15.2 Å². The zero-order chi connectivity index (χ0) is 25.5. The summed E-state index contributed by atoms with van der Waals surface area (Å²) in [6.45, 7) is 4.11. The Labute approximate surface area is 207 Å². The van der Waals surface area contributed by atoms with Gasteiger partial charge < -0.3 is 14.6 Å². The van der Waals surface area contributed by atoms with Crippen LogP contribution in [0.15, 0.2) is 67.4 Å². The lowest BCUT2D eigenvalue weighted by Crippen LogP contribution is -2.13. The van der Waals surface area contributed by atoms with Gasteiger partial charge >= 0.3 is 0 Å². The summed E-state index contributed by atoms with van der Waals surface area (Å²) in [6, 6.07) is 11.0. The Hall–Kier alpha value is -4.84. The Bertz CT molecular complexity index is 1470. The fraction of sp³-hybridized carbons (Fsp3) is 0.148. The zero-order valence-electron chi connectivity index (χ0n) is 19.7. The molecule has 36 heavy (non-hydrogen) atoms. The van der Waals surface area contributed by atoms with Gasteiger partial charge in [-0.25, -0.2) is 14.4 Å². The van der Waals surface area contributed by atoms with Gasteiger partial charge in [-0.15, -0.1) is 0 Å². The third-order valence-corrected chi connectivity index (χ3v) is 4.99. The van der Waals surface area contributed by atoms with Crippen molar-refractivity contribution in [2.24, 2.45) is 0 Å². The van der Waals surface area contributed by atoms with Crippen molar-refractivity contribution in [3.63, 3.8) is 0 Å². The number of hydrogen-bond donors (Lipinski definition) is 2. The number of aromatic nitrogens is 4. The summed E-state index contributed by atoms with van der Waals surface area (Å²) in [5, 5.41) is 10.5. The molecule has 180 valence electrons. The maximum Gasteiger partial charge on any atom is 0.255 e. The molecule has 0 saturated carbocycles. The highest BCUT2D eigenvalue weighted by Crippen LogP contribution is 2.17. The van der Waals surface area contributed by atoms with Crippen molar-refractivity contribution in [3.8, 4) is 17.5 Å². The van der Waals surface area contributed by atoms with Crippen LogP contribution in [0.2, 0.25) is 0 Å². The summed E-state index contributed by atoms with van der Waals surface area (Å²) in [6.07, 6.45) is 6.79. The minimum absolute atomic E-state index is 0.165. The summed E-state index contributed by atoms with van der Waals surface area (Å²) < 4.78 is 21.0. The smallest absolute Gasteiger partial charge is 0.255 e. The second-order valence-corrected chi connectivity index (χ2v) is 7.83. The fourth-order valence-electron chi connectivity index (χ4n) is 3.33. The molecule has 3 heterocycles. The Morgan fingerprint density at radius 3 is 2.72 bits per heavy atom. The third kappa shape index (κ3) is 6.39. The number of imidazole rings is 1. The number of halogens is 1. The molecule has 8 nitrogen and oxygen atoms in total. The minimum Gasteiger partial charge on any atom is -0.481 e. The van der Waals surface area contributed by atoms with Crippen LogP contribution in [0, 0.1) is 30.0 Å². The molecule has 1 aromatic carbocycles. The van der Waals surface area contributed by atoms with Gasteiger partial charge in [-0.1, -0.05) is 5.92 Å². The van der Waals surface area contributed by atoms with Crippen molar-refractivity contribution in [3.05, 3.63) is 101 Å². The minimum atomic E-state index is -0.528. The average molecular weight is 483 g/mol. The predicted molar refractivity (Wildman–Crippen MR) is 134 cm³/mol. The number of rotatable bonds is 6. The molecule has 0 aliphatic heterocycles. The quantitative estimate of drug-likeness (QED) is 0.242.